The monoisotopic (exact) mass is 239 g/mol. The molecular weight excluding hydrogens is 218 g/mol. The van der Waals surface area contributed by atoms with Crippen molar-refractivity contribution in [2.45, 2.75) is 51.6 Å². The largest absolute Gasteiger partial charge is 0.348 e. The maximum absolute atomic E-state index is 5.69. The lowest BCUT2D eigenvalue weighted by Crippen LogP contribution is -2.33. The molecule has 4 heteroatoms. The summed E-state index contributed by atoms with van der Waals surface area (Å²) in [5.74, 6) is 0. The van der Waals surface area contributed by atoms with Gasteiger partial charge >= 0.3 is 0 Å². The molecular formula is C12H21N3S. The molecule has 3 nitrogen and oxygen atoms in total. The lowest BCUT2D eigenvalue weighted by molar-refractivity contribution is 0.427. The molecule has 0 saturated heterocycles. The molecule has 2 N–H and O–H groups in total. The number of nitrogens with zero attached hydrogens (tertiary/aromatic N) is 2. The van der Waals surface area contributed by atoms with Crippen molar-refractivity contribution >= 4 is 16.5 Å². The molecule has 16 heavy (non-hydrogen) atoms. The van der Waals surface area contributed by atoms with Crippen LogP contribution in [0.15, 0.2) is 0 Å². The third-order valence-corrected chi connectivity index (χ3v) is 4.76. The Labute approximate surface area is 102 Å². The summed E-state index contributed by atoms with van der Waals surface area (Å²) in [6, 6.07) is 0.685. The molecule has 1 fully saturated rings. The molecule has 1 aromatic heterocycles. The topological polar surface area (TPSA) is 42.2 Å². The Morgan fingerprint density at radius 2 is 2.06 bits per heavy atom. The van der Waals surface area contributed by atoms with E-state index in [1.807, 2.05) is 0 Å². The molecule has 1 heterocycles. The van der Waals surface area contributed by atoms with Crippen LogP contribution in [0.1, 0.15) is 42.7 Å². The summed E-state index contributed by atoms with van der Waals surface area (Å²) in [7, 11) is 2.18. The minimum absolute atomic E-state index is 0.613. The number of thiazole rings is 1. The van der Waals surface area contributed by atoms with Crippen molar-refractivity contribution in [2.24, 2.45) is 5.73 Å². The number of aryl methyl sites for hydroxylation is 1. The summed E-state index contributed by atoms with van der Waals surface area (Å²) in [5.41, 5.74) is 6.80. The summed E-state index contributed by atoms with van der Waals surface area (Å²) in [6.07, 6.45) is 6.75. The Morgan fingerprint density at radius 1 is 1.38 bits per heavy atom. The number of aromatic nitrogens is 1. The zero-order chi connectivity index (χ0) is 11.5. The van der Waals surface area contributed by atoms with Crippen LogP contribution in [-0.4, -0.2) is 18.1 Å². The van der Waals surface area contributed by atoms with Gasteiger partial charge in [0.2, 0.25) is 0 Å². The van der Waals surface area contributed by atoms with Crippen molar-refractivity contribution in [2.75, 3.05) is 11.9 Å². The minimum atomic E-state index is 0.613. The average molecular weight is 239 g/mol. The van der Waals surface area contributed by atoms with E-state index in [1.165, 1.54) is 37.0 Å². The molecule has 0 amide bonds. The Balaban J connectivity index is 2.09. The highest BCUT2D eigenvalue weighted by Gasteiger charge is 2.21. The summed E-state index contributed by atoms with van der Waals surface area (Å²) in [4.78, 5) is 8.20. The van der Waals surface area contributed by atoms with E-state index in [1.54, 1.807) is 11.3 Å². The van der Waals surface area contributed by atoms with Gasteiger partial charge in [0.25, 0.3) is 0 Å². The number of hydrogen-bond donors (Lipinski definition) is 1. The molecule has 0 spiro atoms. The van der Waals surface area contributed by atoms with E-state index in [0.29, 0.717) is 12.6 Å². The summed E-state index contributed by atoms with van der Waals surface area (Å²) in [6.45, 7) is 2.67. The minimum Gasteiger partial charge on any atom is -0.348 e. The van der Waals surface area contributed by atoms with Gasteiger partial charge in [-0.3, -0.25) is 0 Å². The summed E-state index contributed by atoms with van der Waals surface area (Å²) < 4.78 is 0. The lowest BCUT2D eigenvalue weighted by Gasteiger charge is -2.30. The molecule has 2 rings (SSSR count). The van der Waals surface area contributed by atoms with Gasteiger partial charge < -0.3 is 10.6 Å². The first-order chi connectivity index (χ1) is 7.72. The maximum atomic E-state index is 5.69. The van der Waals surface area contributed by atoms with E-state index in [2.05, 4.69) is 23.9 Å². The molecule has 1 aliphatic rings. The van der Waals surface area contributed by atoms with E-state index >= 15 is 0 Å². The van der Waals surface area contributed by atoms with Gasteiger partial charge in [0, 0.05) is 24.5 Å². The molecule has 0 radical (unpaired) electrons. The SMILES string of the molecule is Cc1nc(N(C)C2CCCCC2)sc1CN. The van der Waals surface area contributed by atoms with Crippen LogP contribution in [0.4, 0.5) is 5.13 Å². The van der Waals surface area contributed by atoms with Gasteiger partial charge in [-0.15, -0.1) is 11.3 Å². The smallest absolute Gasteiger partial charge is 0.185 e. The van der Waals surface area contributed by atoms with E-state index in [0.717, 1.165) is 10.8 Å². The fourth-order valence-electron chi connectivity index (χ4n) is 2.38. The van der Waals surface area contributed by atoms with Gasteiger partial charge in [-0.2, -0.15) is 0 Å². The van der Waals surface area contributed by atoms with Crippen LogP contribution in [0.2, 0.25) is 0 Å². The first kappa shape index (κ1) is 11.9. The third-order valence-electron chi connectivity index (χ3n) is 3.49. The zero-order valence-electron chi connectivity index (χ0n) is 10.2. The molecule has 1 aromatic rings. The number of rotatable bonds is 3. The van der Waals surface area contributed by atoms with Crippen LogP contribution in [0.5, 0.6) is 0 Å². The highest BCUT2D eigenvalue weighted by molar-refractivity contribution is 7.15. The second-order valence-corrected chi connectivity index (χ2v) is 5.67. The van der Waals surface area contributed by atoms with Gasteiger partial charge in [-0.25, -0.2) is 4.98 Å². The normalized spacial score (nSPS) is 17.7. The van der Waals surface area contributed by atoms with Gasteiger partial charge in [0.05, 0.1) is 5.69 Å². The summed E-state index contributed by atoms with van der Waals surface area (Å²) in [5, 5.41) is 1.14. The Kier molecular flexibility index (Phi) is 3.82. The van der Waals surface area contributed by atoms with Crippen molar-refractivity contribution in [1.82, 2.24) is 4.98 Å². The molecule has 1 saturated carbocycles. The molecule has 0 aromatic carbocycles. The predicted octanol–water partition coefficient (Wildman–Crippen LogP) is 2.68. The molecule has 1 aliphatic carbocycles. The van der Waals surface area contributed by atoms with Crippen molar-refractivity contribution in [3.05, 3.63) is 10.6 Å². The van der Waals surface area contributed by atoms with Crippen molar-refractivity contribution in [1.29, 1.82) is 0 Å². The zero-order valence-corrected chi connectivity index (χ0v) is 11.0. The second-order valence-electron chi connectivity index (χ2n) is 4.61. The fraction of sp³-hybridized carbons (Fsp3) is 0.750. The molecule has 0 unspecified atom stereocenters. The van der Waals surface area contributed by atoms with Crippen LogP contribution in [0.3, 0.4) is 0 Å². The van der Waals surface area contributed by atoms with Gasteiger partial charge in [-0.05, 0) is 19.8 Å². The van der Waals surface area contributed by atoms with E-state index < -0.39 is 0 Å². The Hall–Kier alpha value is -0.610. The molecule has 0 aliphatic heterocycles. The van der Waals surface area contributed by atoms with E-state index in [4.69, 9.17) is 5.73 Å². The van der Waals surface area contributed by atoms with E-state index in [9.17, 15) is 0 Å². The highest BCUT2D eigenvalue weighted by atomic mass is 32.1. The van der Waals surface area contributed by atoms with Crippen LogP contribution in [0.25, 0.3) is 0 Å². The standard InChI is InChI=1S/C12H21N3S/c1-9-11(8-13)16-12(14-9)15(2)10-6-4-3-5-7-10/h10H,3-8,13H2,1-2H3. The second kappa shape index (κ2) is 5.15. The Bertz CT molecular complexity index is 342. The highest BCUT2D eigenvalue weighted by Crippen LogP contribution is 2.30. The first-order valence-corrected chi connectivity index (χ1v) is 6.93. The molecule has 90 valence electrons. The van der Waals surface area contributed by atoms with Crippen molar-refractivity contribution in [3.63, 3.8) is 0 Å². The van der Waals surface area contributed by atoms with Gasteiger partial charge in [0.1, 0.15) is 0 Å². The third kappa shape index (κ3) is 2.38. The van der Waals surface area contributed by atoms with Crippen LogP contribution < -0.4 is 10.6 Å². The van der Waals surface area contributed by atoms with Crippen molar-refractivity contribution in [3.8, 4) is 0 Å². The van der Waals surface area contributed by atoms with Crippen LogP contribution >= 0.6 is 11.3 Å². The number of nitrogens with two attached hydrogens (primary N) is 1. The quantitative estimate of drug-likeness (QED) is 0.882. The Morgan fingerprint density at radius 3 is 2.62 bits per heavy atom. The van der Waals surface area contributed by atoms with Crippen molar-refractivity contribution < 1.29 is 0 Å². The molecule has 0 atom stereocenters. The molecule has 0 bridgehead atoms. The lowest BCUT2D eigenvalue weighted by atomic mass is 9.95. The summed E-state index contributed by atoms with van der Waals surface area (Å²) >= 11 is 1.75. The number of hydrogen-bond acceptors (Lipinski definition) is 4. The first-order valence-electron chi connectivity index (χ1n) is 6.11. The fourth-order valence-corrected chi connectivity index (χ4v) is 3.35. The number of anilines is 1. The van der Waals surface area contributed by atoms with E-state index in [-0.39, 0.29) is 0 Å². The van der Waals surface area contributed by atoms with Gasteiger partial charge in [0.15, 0.2) is 5.13 Å². The predicted molar refractivity (Wildman–Crippen MR) is 70.0 cm³/mol. The maximum Gasteiger partial charge on any atom is 0.185 e. The average Bonchev–Trinajstić information content (AvgIpc) is 2.71. The van der Waals surface area contributed by atoms with Crippen LogP contribution in [-0.2, 0) is 6.54 Å². The van der Waals surface area contributed by atoms with Crippen LogP contribution in [0, 0.1) is 6.92 Å². The van der Waals surface area contributed by atoms with Gasteiger partial charge in [-0.1, -0.05) is 19.3 Å².